The Morgan fingerprint density at radius 2 is 1.47 bits per heavy atom. The largest absolute Gasteiger partial charge is 0.421 e. The highest BCUT2D eigenvalue weighted by Crippen LogP contribution is 2.39. The number of sulfonamides is 1. The van der Waals surface area contributed by atoms with Crippen LogP contribution in [0.3, 0.4) is 0 Å². The number of benzene rings is 2. The Balaban J connectivity index is 1.36. The van der Waals surface area contributed by atoms with Gasteiger partial charge in [0.2, 0.25) is 0 Å². The summed E-state index contributed by atoms with van der Waals surface area (Å²) in [6.07, 6.45) is -4.75. The fourth-order valence-electron chi connectivity index (χ4n) is 3.88. The van der Waals surface area contributed by atoms with Gasteiger partial charge in [-0.05, 0) is 40.6 Å². The minimum Gasteiger partial charge on any atom is -0.376 e. The zero-order chi connectivity index (χ0) is 24.6. The molecule has 2 heterocycles. The van der Waals surface area contributed by atoms with Crippen molar-refractivity contribution >= 4 is 21.4 Å². The lowest BCUT2D eigenvalue weighted by atomic mass is 9.93. The molecule has 4 rings (SSSR count). The number of hydrogen-bond acceptors (Lipinski definition) is 5. The molecule has 1 saturated heterocycles. The highest BCUT2D eigenvalue weighted by Gasteiger charge is 2.51. The van der Waals surface area contributed by atoms with E-state index in [2.05, 4.69) is 4.90 Å². The first kappa shape index (κ1) is 24.9. The number of nitrogens with zero attached hydrogens (tertiary/aromatic N) is 2. The molecule has 1 aliphatic heterocycles. The van der Waals surface area contributed by atoms with Crippen LogP contribution in [0.5, 0.6) is 0 Å². The summed E-state index contributed by atoms with van der Waals surface area (Å²) < 4.78 is 66.3. The maximum Gasteiger partial charge on any atom is 0.421 e. The van der Waals surface area contributed by atoms with E-state index in [0.29, 0.717) is 36.9 Å². The number of halogens is 3. The van der Waals surface area contributed by atoms with Crippen molar-refractivity contribution < 1.29 is 26.7 Å². The third-order valence-corrected chi connectivity index (χ3v) is 9.38. The number of hydrogen-bond donors (Lipinski definition) is 1. The van der Waals surface area contributed by atoms with Crippen LogP contribution >= 0.6 is 11.3 Å². The first-order valence-electron chi connectivity index (χ1n) is 10.7. The minimum absolute atomic E-state index is 0.208. The van der Waals surface area contributed by atoms with Crippen molar-refractivity contribution in [2.75, 3.05) is 26.2 Å². The number of thiophene rings is 1. The van der Waals surface area contributed by atoms with Crippen molar-refractivity contribution in [3.8, 4) is 11.1 Å². The lowest BCUT2D eigenvalue weighted by molar-refractivity contribution is -0.258. The first-order valence-corrected chi connectivity index (χ1v) is 13.1. The van der Waals surface area contributed by atoms with Crippen LogP contribution in [0.2, 0.25) is 0 Å². The molecule has 1 aromatic heterocycles. The molecule has 182 valence electrons. The van der Waals surface area contributed by atoms with Crippen molar-refractivity contribution in [3.05, 3.63) is 77.2 Å². The van der Waals surface area contributed by atoms with Crippen LogP contribution in [-0.4, -0.2) is 55.1 Å². The second-order valence-corrected chi connectivity index (χ2v) is 11.6. The molecule has 0 radical (unpaired) electrons. The third-order valence-electron chi connectivity index (χ3n) is 6.11. The Hall–Kier alpha value is -2.24. The average molecular weight is 511 g/mol. The van der Waals surface area contributed by atoms with Crippen LogP contribution in [0.15, 0.2) is 70.3 Å². The monoisotopic (exact) mass is 510 g/mol. The topological polar surface area (TPSA) is 60.9 Å². The quantitative estimate of drug-likeness (QED) is 0.523. The molecular formula is C24H25F3N2O3S2. The Labute approximate surface area is 201 Å². The predicted octanol–water partition coefficient (Wildman–Crippen LogP) is 4.69. The normalized spacial score (nSPS) is 18.0. The maximum atomic E-state index is 13.0. The lowest BCUT2D eigenvalue weighted by Crippen LogP contribution is -2.48. The summed E-state index contributed by atoms with van der Waals surface area (Å²) in [6.45, 7) is 3.56. The Morgan fingerprint density at radius 1 is 0.912 bits per heavy atom. The van der Waals surface area contributed by atoms with Crippen LogP contribution in [-0.2, 0) is 22.2 Å². The Kier molecular flexibility index (Phi) is 6.90. The van der Waals surface area contributed by atoms with E-state index < -0.39 is 21.8 Å². The molecule has 1 N–H and O–H groups in total. The summed E-state index contributed by atoms with van der Waals surface area (Å²) in [4.78, 5) is 2.20. The minimum atomic E-state index is -4.75. The van der Waals surface area contributed by atoms with Gasteiger partial charge in [-0.25, -0.2) is 8.42 Å². The summed E-state index contributed by atoms with van der Waals surface area (Å²) >= 11 is 1.22. The van der Waals surface area contributed by atoms with Crippen molar-refractivity contribution in [1.29, 1.82) is 0 Å². The smallest absolute Gasteiger partial charge is 0.376 e. The highest BCUT2D eigenvalue weighted by molar-refractivity contribution is 7.91. The van der Waals surface area contributed by atoms with E-state index in [1.165, 1.54) is 27.8 Å². The van der Waals surface area contributed by atoms with Crippen molar-refractivity contribution in [2.45, 2.75) is 29.5 Å². The third kappa shape index (κ3) is 5.06. The van der Waals surface area contributed by atoms with Crippen molar-refractivity contribution in [2.24, 2.45) is 0 Å². The molecule has 0 saturated carbocycles. The maximum absolute atomic E-state index is 13.0. The van der Waals surface area contributed by atoms with Gasteiger partial charge in [0.05, 0.1) is 0 Å². The molecule has 3 aromatic rings. The molecule has 34 heavy (non-hydrogen) atoms. The molecule has 2 aromatic carbocycles. The lowest BCUT2D eigenvalue weighted by Gasteiger charge is -2.33. The molecule has 0 bridgehead atoms. The molecule has 1 fully saturated rings. The standard InChI is InChI=1S/C24H25F3N2O3S2/c1-23(30,24(25,26)27)21-10-8-20(9-11-21)19-6-4-18(5-7-19)17-28-12-14-29(15-13-28)34(31,32)22-3-2-16-33-22/h2-11,16,30H,12-15,17H2,1H3. The molecule has 1 atom stereocenters. The van der Waals surface area contributed by atoms with Gasteiger partial charge in [0.1, 0.15) is 4.21 Å². The van der Waals surface area contributed by atoms with E-state index in [4.69, 9.17) is 0 Å². The van der Waals surface area contributed by atoms with Gasteiger partial charge in [-0.3, -0.25) is 4.90 Å². The zero-order valence-corrected chi connectivity index (χ0v) is 20.1. The summed E-state index contributed by atoms with van der Waals surface area (Å²) in [6, 6.07) is 16.8. The summed E-state index contributed by atoms with van der Waals surface area (Å²) in [5, 5.41) is 11.6. The number of alkyl halides is 3. The van der Waals surface area contributed by atoms with Gasteiger partial charge in [0, 0.05) is 32.7 Å². The second kappa shape index (κ2) is 9.43. The molecule has 5 nitrogen and oxygen atoms in total. The van der Waals surface area contributed by atoms with Crippen LogP contribution in [0.1, 0.15) is 18.1 Å². The summed E-state index contributed by atoms with van der Waals surface area (Å²) in [7, 11) is -3.42. The SMILES string of the molecule is CC(O)(c1ccc(-c2ccc(CN3CCN(S(=O)(=O)c4cccs4)CC3)cc2)cc1)C(F)(F)F. The fraction of sp³-hybridized carbons (Fsp3) is 0.333. The second-order valence-electron chi connectivity index (χ2n) is 8.46. The number of rotatable bonds is 6. The van der Waals surface area contributed by atoms with E-state index in [1.54, 1.807) is 29.6 Å². The number of aliphatic hydroxyl groups is 1. The van der Waals surface area contributed by atoms with Gasteiger partial charge in [0.15, 0.2) is 5.60 Å². The van der Waals surface area contributed by atoms with Crippen LogP contribution < -0.4 is 0 Å². The summed E-state index contributed by atoms with van der Waals surface area (Å²) in [5.74, 6) is 0. The van der Waals surface area contributed by atoms with Crippen LogP contribution in [0.4, 0.5) is 13.2 Å². The van der Waals surface area contributed by atoms with E-state index in [9.17, 15) is 26.7 Å². The van der Waals surface area contributed by atoms with E-state index >= 15 is 0 Å². The van der Waals surface area contributed by atoms with E-state index in [1.807, 2.05) is 24.3 Å². The zero-order valence-electron chi connectivity index (χ0n) is 18.5. The van der Waals surface area contributed by atoms with Crippen LogP contribution in [0, 0.1) is 0 Å². The van der Waals surface area contributed by atoms with Gasteiger partial charge in [0.25, 0.3) is 10.0 Å². The van der Waals surface area contributed by atoms with Gasteiger partial charge in [-0.15, -0.1) is 11.3 Å². The van der Waals surface area contributed by atoms with Gasteiger partial charge in [-0.2, -0.15) is 17.5 Å². The first-order chi connectivity index (χ1) is 16.0. The molecule has 0 aliphatic carbocycles. The molecular weight excluding hydrogens is 485 g/mol. The van der Waals surface area contributed by atoms with E-state index in [0.717, 1.165) is 23.6 Å². The molecule has 1 aliphatic rings. The van der Waals surface area contributed by atoms with Crippen LogP contribution in [0.25, 0.3) is 11.1 Å². The van der Waals surface area contributed by atoms with Gasteiger partial charge < -0.3 is 5.11 Å². The molecule has 0 amide bonds. The molecule has 0 spiro atoms. The average Bonchev–Trinajstić information content (AvgIpc) is 3.35. The van der Waals surface area contributed by atoms with Gasteiger partial charge >= 0.3 is 6.18 Å². The Bertz CT molecular complexity index is 1200. The Morgan fingerprint density at radius 3 is 1.97 bits per heavy atom. The predicted molar refractivity (Wildman–Crippen MR) is 126 cm³/mol. The highest BCUT2D eigenvalue weighted by atomic mass is 32.2. The van der Waals surface area contributed by atoms with Gasteiger partial charge in [-0.1, -0.05) is 54.6 Å². The molecule has 1 unspecified atom stereocenters. The van der Waals surface area contributed by atoms with E-state index in [-0.39, 0.29) is 5.56 Å². The molecule has 10 heteroatoms. The fourth-order valence-corrected chi connectivity index (χ4v) is 6.44. The van der Waals surface area contributed by atoms with Crippen molar-refractivity contribution in [1.82, 2.24) is 9.21 Å². The number of piperazine rings is 1. The van der Waals surface area contributed by atoms with Crippen molar-refractivity contribution in [3.63, 3.8) is 0 Å². The summed E-state index contributed by atoms with van der Waals surface area (Å²) in [5.41, 5.74) is -0.437.